The molecule has 0 radical (unpaired) electrons. The number of nitro benzene ring substituents is 1. The molecule has 1 amide bonds. The van der Waals surface area contributed by atoms with Crippen LogP contribution in [0.25, 0.3) is 0 Å². The Morgan fingerprint density at radius 1 is 1.35 bits per heavy atom. The fourth-order valence-corrected chi connectivity index (χ4v) is 2.43. The maximum Gasteiger partial charge on any atom is 0.269 e. The molecule has 0 unspecified atom stereocenters. The fourth-order valence-electron chi connectivity index (χ4n) is 2.43. The van der Waals surface area contributed by atoms with Crippen LogP contribution in [0.5, 0.6) is 5.75 Å². The third-order valence-corrected chi connectivity index (χ3v) is 3.94. The number of ether oxygens (including phenoxy) is 1. The Morgan fingerprint density at radius 2 is 1.95 bits per heavy atom. The first-order valence-electron chi connectivity index (χ1n) is 6.74. The van der Waals surface area contributed by atoms with Crippen LogP contribution in [-0.2, 0) is 4.79 Å². The molecule has 1 aromatic carbocycles. The Hall–Kier alpha value is -2.11. The first-order valence-corrected chi connectivity index (χ1v) is 6.74. The molecule has 3 rings (SSSR count). The van der Waals surface area contributed by atoms with Crippen LogP contribution in [0, 0.1) is 22.0 Å². The second-order valence-corrected chi connectivity index (χ2v) is 5.55. The Kier molecular flexibility index (Phi) is 3.08. The summed E-state index contributed by atoms with van der Waals surface area (Å²) in [7, 11) is 0. The van der Waals surface area contributed by atoms with E-state index in [0.29, 0.717) is 24.8 Å². The summed E-state index contributed by atoms with van der Waals surface area (Å²) in [4.78, 5) is 23.8. The van der Waals surface area contributed by atoms with Crippen molar-refractivity contribution in [1.29, 1.82) is 0 Å². The summed E-state index contributed by atoms with van der Waals surface area (Å²) in [6.45, 7) is 3.31. The van der Waals surface area contributed by atoms with Gasteiger partial charge in [0.2, 0.25) is 5.91 Å². The van der Waals surface area contributed by atoms with Crippen molar-refractivity contribution in [2.24, 2.45) is 11.8 Å². The van der Waals surface area contributed by atoms with Gasteiger partial charge in [-0.25, -0.2) is 0 Å². The smallest absolute Gasteiger partial charge is 0.269 e. The summed E-state index contributed by atoms with van der Waals surface area (Å²) in [5.74, 6) is 1.58. The molecule has 2 aliphatic rings. The number of hydrogen-bond acceptors (Lipinski definition) is 4. The molecule has 1 aliphatic heterocycles. The molecule has 106 valence electrons. The molecule has 0 spiro atoms. The highest BCUT2D eigenvalue weighted by Crippen LogP contribution is 2.40. The van der Waals surface area contributed by atoms with Crippen LogP contribution in [0.1, 0.15) is 13.3 Å². The van der Waals surface area contributed by atoms with E-state index in [0.717, 1.165) is 6.42 Å². The van der Waals surface area contributed by atoms with Crippen LogP contribution in [0.4, 0.5) is 5.69 Å². The summed E-state index contributed by atoms with van der Waals surface area (Å²) in [6, 6.07) is 6.02. The number of amides is 1. The number of carbonyl (C=O) groups is 1. The van der Waals surface area contributed by atoms with Gasteiger partial charge in [-0.05, 0) is 24.5 Å². The predicted molar refractivity (Wildman–Crippen MR) is 71.4 cm³/mol. The average molecular weight is 276 g/mol. The van der Waals surface area contributed by atoms with Gasteiger partial charge in [0.25, 0.3) is 5.69 Å². The highest BCUT2D eigenvalue weighted by molar-refractivity contribution is 5.82. The van der Waals surface area contributed by atoms with E-state index in [2.05, 4.69) is 6.92 Å². The van der Waals surface area contributed by atoms with E-state index in [-0.39, 0.29) is 23.6 Å². The minimum atomic E-state index is -0.440. The van der Waals surface area contributed by atoms with Gasteiger partial charge in [0.15, 0.2) is 0 Å². The van der Waals surface area contributed by atoms with E-state index in [4.69, 9.17) is 4.74 Å². The summed E-state index contributed by atoms with van der Waals surface area (Å²) in [5, 5.41) is 10.5. The molecule has 1 saturated carbocycles. The minimum Gasteiger partial charge on any atom is -0.487 e. The number of non-ortho nitro benzene ring substituents is 1. The highest BCUT2D eigenvalue weighted by atomic mass is 16.6. The van der Waals surface area contributed by atoms with E-state index in [1.165, 1.54) is 12.1 Å². The van der Waals surface area contributed by atoms with E-state index in [1.807, 2.05) is 4.90 Å². The summed E-state index contributed by atoms with van der Waals surface area (Å²) in [6.07, 6.45) is 0.998. The molecular formula is C14H16N2O4. The monoisotopic (exact) mass is 276 g/mol. The number of hydrogen-bond donors (Lipinski definition) is 0. The maximum absolute atomic E-state index is 11.9. The van der Waals surface area contributed by atoms with Crippen molar-refractivity contribution >= 4 is 11.6 Å². The Balaban J connectivity index is 1.48. The molecule has 1 saturated heterocycles. The summed E-state index contributed by atoms with van der Waals surface area (Å²) < 4.78 is 5.68. The SMILES string of the molecule is C[C@@H]1C[C@H]1C(=O)N1CC(Oc2ccc([N+](=O)[O-])cc2)C1. The molecule has 0 bridgehead atoms. The van der Waals surface area contributed by atoms with Crippen LogP contribution in [0.15, 0.2) is 24.3 Å². The van der Waals surface area contributed by atoms with Gasteiger partial charge in [-0.1, -0.05) is 6.92 Å². The lowest BCUT2D eigenvalue weighted by atomic mass is 10.1. The lowest BCUT2D eigenvalue weighted by Crippen LogP contribution is -2.56. The quantitative estimate of drug-likeness (QED) is 0.621. The summed E-state index contributed by atoms with van der Waals surface area (Å²) in [5.41, 5.74) is 0.0467. The molecule has 0 N–H and O–H groups in total. The predicted octanol–water partition coefficient (Wildman–Crippen LogP) is 1.84. The lowest BCUT2D eigenvalue weighted by Gasteiger charge is -2.39. The van der Waals surface area contributed by atoms with Gasteiger partial charge in [0, 0.05) is 18.1 Å². The van der Waals surface area contributed by atoms with Gasteiger partial charge in [-0.3, -0.25) is 14.9 Å². The number of likely N-dealkylation sites (tertiary alicyclic amines) is 1. The standard InChI is InChI=1S/C14H16N2O4/c1-9-6-13(9)14(17)15-7-12(8-15)20-11-4-2-10(3-5-11)16(18)19/h2-5,9,12-13H,6-8H2,1H3/t9-,13-/m1/s1. The van der Waals surface area contributed by atoms with Crippen molar-refractivity contribution in [1.82, 2.24) is 4.90 Å². The van der Waals surface area contributed by atoms with Gasteiger partial charge in [0.05, 0.1) is 18.0 Å². The Morgan fingerprint density at radius 3 is 2.45 bits per heavy atom. The maximum atomic E-state index is 11.9. The van der Waals surface area contributed by atoms with E-state index in [1.54, 1.807) is 12.1 Å². The van der Waals surface area contributed by atoms with Crippen LogP contribution in [-0.4, -0.2) is 34.9 Å². The van der Waals surface area contributed by atoms with Crippen molar-refractivity contribution < 1.29 is 14.5 Å². The fraction of sp³-hybridized carbons (Fsp3) is 0.500. The van der Waals surface area contributed by atoms with Gasteiger partial charge >= 0.3 is 0 Å². The molecule has 1 heterocycles. The molecule has 2 atom stereocenters. The van der Waals surface area contributed by atoms with Crippen molar-refractivity contribution in [2.45, 2.75) is 19.4 Å². The highest BCUT2D eigenvalue weighted by Gasteiger charge is 2.45. The number of carbonyl (C=O) groups excluding carboxylic acids is 1. The first kappa shape index (κ1) is 12.9. The Bertz CT molecular complexity index is 537. The van der Waals surface area contributed by atoms with Crippen molar-refractivity contribution in [3.8, 4) is 5.75 Å². The van der Waals surface area contributed by atoms with Crippen LogP contribution in [0.3, 0.4) is 0 Å². The molecule has 6 nitrogen and oxygen atoms in total. The van der Waals surface area contributed by atoms with Gasteiger partial charge < -0.3 is 9.64 Å². The zero-order chi connectivity index (χ0) is 14.3. The molecule has 1 aromatic rings. The van der Waals surface area contributed by atoms with Crippen molar-refractivity contribution in [2.75, 3.05) is 13.1 Å². The number of rotatable bonds is 4. The van der Waals surface area contributed by atoms with Crippen LogP contribution < -0.4 is 4.74 Å². The van der Waals surface area contributed by atoms with Crippen LogP contribution in [0.2, 0.25) is 0 Å². The number of benzene rings is 1. The Labute approximate surface area is 116 Å². The van der Waals surface area contributed by atoms with E-state index < -0.39 is 4.92 Å². The minimum absolute atomic E-state index is 0.00513. The second kappa shape index (κ2) is 4.77. The largest absolute Gasteiger partial charge is 0.487 e. The molecule has 2 fully saturated rings. The van der Waals surface area contributed by atoms with Crippen molar-refractivity contribution in [3.63, 3.8) is 0 Å². The zero-order valence-corrected chi connectivity index (χ0v) is 11.2. The zero-order valence-electron chi connectivity index (χ0n) is 11.2. The van der Waals surface area contributed by atoms with Gasteiger partial charge in [-0.15, -0.1) is 0 Å². The summed E-state index contributed by atoms with van der Waals surface area (Å²) >= 11 is 0. The normalized spacial score (nSPS) is 24.9. The molecular weight excluding hydrogens is 260 g/mol. The molecule has 0 aromatic heterocycles. The first-order chi connectivity index (χ1) is 9.54. The number of nitrogens with zero attached hydrogens (tertiary/aromatic N) is 2. The van der Waals surface area contributed by atoms with E-state index in [9.17, 15) is 14.9 Å². The van der Waals surface area contributed by atoms with E-state index >= 15 is 0 Å². The third-order valence-electron chi connectivity index (χ3n) is 3.94. The molecule has 1 aliphatic carbocycles. The topological polar surface area (TPSA) is 72.7 Å². The molecule has 6 heteroatoms. The lowest BCUT2D eigenvalue weighted by molar-refractivity contribution is -0.384. The van der Waals surface area contributed by atoms with Gasteiger partial charge in [0.1, 0.15) is 11.9 Å². The third kappa shape index (κ3) is 2.45. The average Bonchev–Trinajstić information content (AvgIpc) is 3.10. The molecule has 20 heavy (non-hydrogen) atoms. The second-order valence-electron chi connectivity index (χ2n) is 5.55. The number of nitro groups is 1. The van der Waals surface area contributed by atoms with Crippen molar-refractivity contribution in [3.05, 3.63) is 34.4 Å². The van der Waals surface area contributed by atoms with Crippen LogP contribution >= 0.6 is 0 Å². The van der Waals surface area contributed by atoms with Gasteiger partial charge in [-0.2, -0.15) is 0 Å².